The Bertz CT molecular complexity index is 388. The molecular formula is C15H24N2O. The number of hydrogen-bond acceptors (Lipinski definition) is 2. The van der Waals surface area contributed by atoms with Crippen molar-refractivity contribution in [3.05, 3.63) is 24.3 Å². The fraction of sp³-hybridized carbons (Fsp3) is 0.533. The molecule has 0 bridgehead atoms. The highest BCUT2D eigenvalue weighted by Crippen LogP contribution is 2.24. The first-order chi connectivity index (χ1) is 8.56. The minimum atomic E-state index is 0.170. The first kappa shape index (κ1) is 14.6. The molecule has 1 aromatic rings. The fourth-order valence-corrected chi connectivity index (χ4v) is 1.88. The number of para-hydroxylation sites is 2. The minimum Gasteiger partial charge on any atom is -0.397 e. The lowest BCUT2D eigenvalue weighted by atomic mass is 10.1. The SMILES string of the molecule is CCCN(C(=O)CCC(C)C)c1ccccc1N. The molecule has 1 rings (SSSR count). The zero-order chi connectivity index (χ0) is 13.5. The second kappa shape index (κ2) is 7.04. The number of nitrogen functional groups attached to an aromatic ring is 1. The van der Waals surface area contributed by atoms with Crippen LogP contribution >= 0.6 is 0 Å². The summed E-state index contributed by atoms with van der Waals surface area (Å²) in [6.45, 7) is 7.07. The molecule has 1 amide bonds. The summed E-state index contributed by atoms with van der Waals surface area (Å²) in [5.41, 5.74) is 7.46. The Kier molecular flexibility index (Phi) is 5.69. The third-order valence-electron chi connectivity index (χ3n) is 2.91. The Hall–Kier alpha value is -1.51. The number of nitrogens with two attached hydrogens (primary N) is 1. The average Bonchev–Trinajstić information content (AvgIpc) is 2.34. The summed E-state index contributed by atoms with van der Waals surface area (Å²) in [7, 11) is 0. The lowest BCUT2D eigenvalue weighted by Crippen LogP contribution is -2.32. The minimum absolute atomic E-state index is 0.170. The predicted molar refractivity (Wildman–Crippen MR) is 77.6 cm³/mol. The first-order valence-corrected chi connectivity index (χ1v) is 6.71. The van der Waals surface area contributed by atoms with Crippen molar-refractivity contribution in [1.29, 1.82) is 0 Å². The molecule has 1 aromatic carbocycles. The van der Waals surface area contributed by atoms with Gasteiger partial charge in [-0.15, -0.1) is 0 Å². The number of carbonyl (C=O) groups is 1. The van der Waals surface area contributed by atoms with Gasteiger partial charge in [0.1, 0.15) is 0 Å². The van der Waals surface area contributed by atoms with Crippen molar-refractivity contribution in [3.8, 4) is 0 Å². The van der Waals surface area contributed by atoms with Crippen molar-refractivity contribution in [2.75, 3.05) is 17.2 Å². The van der Waals surface area contributed by atoms with E-state index in [1.807, 2.05) is 29.2 Å². The summed E-state index contributed by atoms with van der Waals surface area (Å²) in [6, 6.07) is 7.57. The van der Waals surface area contributed by atoms with Gasteiger partial charge in [0.05, 0.1) is 11.4 Å². The Morgan fingerprint density at radius 3 is 2.56 bits per heavy atom. The van der Waals surface area contributed by atoms with E-state index in [1.54, 1.807) is 0 Å². The zero-order valence-corrected chi connectivity index (χ0v) is 11.6. The van der Waals surface area contributed by atoms with Gasteiger partial charge in [0, 0.05) is 13.0 Å². The molecule has 0 unspecified atom stereocenters. The van der Waals surface area contributed by atoms with Gasteiger partial charge in [0.2, 0.25) is 5.91 Å². The molecule has 3 nitrogen and oxygen atoms in total. The topological polar surface area (TPSA) is 46.3 Å². The highest BCUT2D eigenvalue weighted by Gasteiger charge is 2.16. The smallest absolute Gasteiger partial charge is 0.227 e. The van der Waals surface area contributed by atoms with Crippen LogP contribution in [-0.4, -0.2) is 12.5 Å². The molecule has 0 aliphatic heterocycles. The normalized spacial score (nSPS) is 10.7. The molecule has 0 saturated carbocycles. The van der Waals surface area contributed by atoms with Gasteiger partial charge in [-0.2, -0.15) is 0 Å². The summed E-state index contributed by atoms with van der Waals surface area (Å²) in [4.78, 5) is 14.1. The van der Waals surface area contributed by atoms with Crippen LogP contribution in [0.2, 0.25) is 0 Å². The summed E-state index contributed by atoms with van der Waals surface area (Å²) >= 11 is 0. The number of hydrogen-bond donors (Lipinski definition) is 1. The molecule has 0 spiro atoms. The van der Waals surface area contributed by atoms with Crippen molar-refractivity contribution >= 4 is 17.3 Å². The van der Waals surface area contributed by atoms with Gasteiger partial charge in [0.25, 0.3) is 0 Å². The number of carbonyl (C=O) groups excluding carboxylic acids is 1. The van der Waals surface area contributed by atoms with Crippen molar-refractivity contribution in [2.24, 2.45) is 5.92 Å². The van der Waals surface area contributed by atoms with Crippen LogP contribution in [0.5, 0.6) is 0 Å². The first-order valence-electron chi connectivity index (χ1n) is 6.71. The van der Waals surface area contributed by atoms with Crippen LogP contribution in [0.1, 0.15) is 40.0 Å². The van der Waals surface area contributed by atoms with Gasteiger partial charge in [0.15, 0.2) is 0 Å². The van der Waals surface area contributed by atoms with E-state index in [0.29, 0.717) is 18.0 Å². The van der Waals surface area contributed by atoms with E-state index >= 15 is 0 Å². The van der Waals surface area contributed by atoms with E-state index in [0.717, 1.165) is 25.1 Å². The lowest BCUT2D eigenvalue weighted by Gasteiger charge is -2.24. The average molecular weight is 248 g/mol. The van der Waals surface area contributed by atoms with E-state index in [2.05, 4.69) is 20.8 Å². The van der Waals surface area contributed by atoms with Crippen LogP contribution in [0.4, 0.5) is 11.4 Å². The van der Waals surface area contributed by atoms with Crippen LogP contribution in [0.25, 0.3) is 0 Å². The van der Waals surface area contributed by atoms with Crippen molar-refractivity contribution < 1.29 is 4.79 Å². The van der Waals surface area contributed by atoms with Gasteiger partial charge in [-0.1, -0.05) is 32.9 Å². The van der Waals surface area contributed by atoms with Crippen molar-refractivity contribution in [3.63, 3.8) is 0 Å². The van der Waals surface area contributed by atoms with Gasteiger partial charge in [-0.3, -0.25) is 4.79 Å². The molecule has 0 atom stereocenters. The monoisotopic (exact) mass is 248 g/mol. The van der Waals surface area contributed by atoms with Gasteiger partial charge in [-0.05, 0) is 30.9 Å². The van der Waals surface area contributed by atoms with E-state index in [4.69, 9.17) is 5.73 Å². The number of anilines is 2. The lowest BCUT2D eigenvalue weighted by molar-refractivity contribution is -0.118. The molecule has 0 aliphatic rings. The summed E-state index contributed by atoms with van der Waals surface area (Å²) in [5, 5.41) is 0. The summed E-state index contributed by atoms with van der Waals surface area (Å²) < 4.78 is 0. The maximum absolute atomic E-state index is 12.3. The van der Waals surface area contributed by atoms with Crippen LogP contribution in [0.3, 0.4) is 0 Å². The van der Waals surface area contributed by atoms with Gasteiger partial charge >= 0.3 is 0 Å². The largest absolute Gasteiger partial charge is 0.397 e. The fourth-order valence-electron chi connectivity index (χ4n) is 1.88. The number of benzene rings is 1. The summed E-state index contributed by atoms with van der Waals surface area (Å²) in [5.74, 6) is 0.717. The molecule has 0 aliphatic carbocycles. The van der Waals surface area contributed by atoms with E-state index in [-0.39, 0.29) is 5.91 Å². The van der Waals surface area contributed by atoms with Crippen molar-refractivity contribution in [1.82, 2.24) is 0 Å². The van der Waals surface area contributed by atoms with Gasteiger partial charge < -0.3 is 10.6 Å². The molecule has 0 saturated heterocycles. The molecule has 0 aromatic heterocycles. The third kappa shape index (κ3) is 4.06. The van der Waals surface area contributed by atoms with Crippen LogP contribution in [0, 0.1) is 5.92 Å². The predicted octanol–water partition coefficient (Wildman–Crippen LogP) is 3.45. The molecule has 2 N–H and O–H groups in total. The molecule has 18 heavy (non-hydrogen) atoms. The maximum Gasteiger partial charge on any atom is 0.227 e. The second-order valence-corrected chi connectivity index (χ2v) is 5.04. The van der Waals surface area contributed by atoms with Crippen LogP contribution in [-0.2, 0) is 4.79 Å². The Labute approximate surface area is 110 Å². The molecule has 100 valence electrons. The maximum atomic E-state index is 12.3. The Morgan fingerprint density at radius 2 is 2.00 bits per heavy atom. The molecular weight excluding hydrogens is 224 g/mol. The number of amides is 1. The molecule has 0 fully saturated rings. The highest BCUT2D eigenvalue weighted by atomic mass is 16.2. The quantitative estimate of drug-likeness (QED) is 0.784. The van der Waals surface area contributed by atoms with E-state index in [9.17, 15) is 4.79 Å². The molecule has 0 heterocycles. The molecule has 0 radical (unpaired) electrons. The van der Waals surface area contributed by atoms with E-state index < -0.39 is 0 Å². The molecule has 3 heteroatoms. The van der Waals surface area contributed by atoms with Crippen LogP contribution in [0.15, 0.2) is 24.3 Å². The highest BCUT2D eigenvalue weighted by molar-refractivity contribution is 5.96. The van der Waals surface area contributed by atoms with Gasteiger partial charge in [-0.25, -0.2) is 0 Å². The van der Waals surface area contributed by atoms with Crippen molar-refractivity contribution in [2.45, 2.75) is 40.0 Å². The number of rotatable bonds is 6. The Morgan fingerprint density at radius 1 is 1.33 bits per heavy atom. The number of nitrogens with zero attached hydrogens (tertiary/aromatic N) is 1. The third-order valence-corrected chi connectivity index (χ3v) is 2.91. The van der Waals surface area contributed by atoms with Crippen LogP contribution < -0.4 is 10.6 Å². The van der Waals surface area contributed by atoms with E-state index in [1.165, 1.54) is 0 Å². The standard InChI is InChI=1S/C15H24N2O/c1-4-11-17(15(18)10-9-12(2)3)14-8-6-5-7-13(14)16/h5-8,12H,4,9-11,16H2,1-3H3. The second-order valence-electron chi connectivity index (χ2n) is 5.04. The zero-order valence-electron chi connectivity index (χ0n) is 11.6. The Balaban J connectivity index is 2.82. The summed E-state index contributed by atoms with van der Waals surface area (Å²) in [6.07, 6.45) is 2.44.